The topological polar surface area (TPSA) is 89.2 Å². The number of rotatable bonds is 7. The van der Waals surface area contributed by atoms with E-state index in [1.54, 1.807) is 18.3 Å². The predicted octanol–water partition coefficient (Wildman–Crippen LogP) is 3.13. The van der Waals surface area contributed by atoms with Crippen molar-refractivity contribution in [2.75, 3.05) is 11.9 Å². The van der Waals surface area contributed by atoms with E-state index in [0.29, 0.717) is 25.4 Å². The summed E-state index contributed by atoms with van der Waals surface area (Å²) in [6, 6.07) is 5.49. The second-order valence-electron chi connectivity index (χ2n) is 6.34. The highest BCUT2D eigenvalue weighted by atomic mass is 16.3. The van der Waals surface area contributed by atoms with Crippen molar-refractivity contribution in [1.82, 2.24) is 15.1 Å². The SMILES string of the molecule is O=C(CCCNC(=O)c1ccco1)Nc1ccnn1C1CCCCC1. The Bertz CT molecular complexity index is 687. The van der Waals surface area contributed by atoms with Crippen molar-refractivity contribution in [2.45, 2.75) is 51.0 Å². The molecule has 0 aromatic carbocycles. The fourth-order valence-electron chi connectivity index (χ4n) is 3.18. The molecule has 0 aliphatic heterocycles. The summed E-state index contributed by atoms with van der Waals surface area (Å²) in [4.78, 5) is 23.8. The number of anilines is 1. The van der Waals surface area contributed by atoms with Crippen LogP contribution in [0.15, 0.2) is 35.1 Å². The molecule has 2 aromatic rings. The van der Waals surface area contributed by atoms with Crippen molar-refractivity contribution in [3.8, 4) is 0 Å². The minimum absolute atomic E-state index is 0.0650. The van der Waals surface area contributed by atoms with Crippen molar-refractivity contribution >= 4 is 17.6 Å². The number of nitrogens with one attached hydrogen (secondary N) is 2. The van der Waals surface area contributed by atoms with Gasteiger partial charge in [-0.25, -0.2) is 4.68 Å². The lowest BCUT2D eigenvalue weighted by atomic mass is 9.96. The van der Waals surface area contributed by atoms with Crippen LogP contribution in [0.3, 0.4) is 0 Å². The summed E-state index contributed by atoms with van der Waals surface area (Å²) in [5.41, 5.74) is 0. The zero-order valence-corrected chi connectivity index (χ0v) is 14.2. The lowest BCUT2D eigenvalue weighted by Crippen LogP contribution is -2.25. The maximum Gasteiger partial charge on any atom is 0.286 e. The van der Waals surface area contributed by atoms with Gasteiger partial charge in [-0.05, 0) is 31.4 Å². The third-order valence-electron chi connectivity index (χ3n) is 4.47. The van der Waals surface area contributed by atoms with Crippen molar-refractivity contribution in [2.24, 2.45) is 0 Å². The zero-order chi connectivity index (χ0) is 17.5. The first-order valence-corrected chi connectivity index (χ1v) is 8.89. The molecule has 7 nitrogen and oxygen atoms in total. The minimum atomic E-state index is -0.263. The molecule has 2 amide bonds. The largest absolute Gasteiger partial charge is 0.459 e. The van der Waals surface area contributed by atoms with Gasteiger partial charge < -0.3 is 15.1 Å². The average Bonchev–Trinajstić information content (AvgIpc) is 3.31. The number of furan rings is 1. The van der Waals surface area contributed by atoms with Crippen molar-refractivity contribution in [1.29, 1.82) is 0 Å². The summed E-state index contributed by atoms with van der Waals surface area (Å²) < 4.78 is 6.95. The molecule has 25 heavy (non-hydrogen) atoms. The lowest BCUT2D eigenvalue weighted by molar-refractivity contribution is -0.116. The van der Waals surface area contributed by atoms with Crippen LogP contribution in [0.2, 0.25) is 0 Å². The number of carbonyl (C=O) groups excluding carboxylic acids is 2. The quantitative estimate of drug-likeness (QED) is 0.755. The highest BCUT2D eigenvalue weighted by molar-refractivity contribution is 5.91. The van der Waals surface area contributed by atoms with Crippen LogP contribution < -0.4 is 10.6 Å². The van der Waals surface area contributed by atoms with Crippen molar-refractivity contribution < 1.29 is 14.0 Å². The molecular formula is C18H24N4O3. The average molecular weight is 344 g/mol. The van der Waals surface area contributed by atoms with E-state index in [-0.39, 0.29) is 17.6 Å². The third-order valence-corrected chi connectivity index (χ3v) is 4.47. The van der Waals surface area contributed by atoms with Gasteiger partial charge >= 0.3 is 0 Å². The fourth-order valence-corrected chi connectivity index (χ4v) is 3.18. The van der Waals surface area contributed by atoms with Crippen LogP contribution in [0.1, 0.15) is 61.5 Å². The Kier molecular flexibility index (Phi) is 5.87. The van der Waals surface area contributed by atoms with Gasteiger partial charge in [-0.2, -0.15) is 5.10 Å². The molecule has 0 spiro atoms. The molecule has 0 bridgehead atoms. The molecule has 0 unspecified atom stereocenters. The minimum Gasteiger partial charge on any atom is -0.459 e. The number of nitrogens with zero attached hydrogens (tertiary/aromatic N) is 2. The fraction of sp³-hybridized carbons (Fsp3) is 0.500. The molecule has 1 aliphatic carbocycles. The van der Waals surface area contributed by atoms with E-state index in [2.05, 4.69) is 15.7 Å². The lowest BCUT2D eigenvalue weighted by Gasteiger charge is -2.23. The summed E-state index contributed by atoms with van der Waals surface area (Å²) in [5, 5.41) is 10.0. The van der Waals surface area contributed by atoms with E-state index >= 15 is 0 Å². The summed E-state index contributed by atoms with van der Waals surface area (Å²) in [6.07, 6.45) is 10.0. The van der Waals surface area contributed by atoms with Crippen LogP contribution in [-0.2, 0) is 4.79 Å². The Morgan fingerprint density at radius 2 is 2.08 bits per heavy atom. The normalized spacial score (nSPS) is 15.0. The van der Waals surface area contributed by atoms with Gasteiger partial charge in [0.15, 0.2) is 5.76 Å². The van der Waals surface area contributed by atoms with Crippen LogP contribution in [0.5, 0.6) is 0 Å². The van der Waals surface area contributed by atoms with Gasteiger partial charge in [0.1, 0.15) is 5.82 Å². The Hall–Kier alpha value is -2.57. The molecule has 1 saturated carbocycles. The van der Waals surface area contributed by atoms with E-state index in [4.69, 9.17) is 4.42 Å². The first-order valence-electron chi connectivity index (χ1n) is 8.89. The Labute approximate surface area is 146 Å². The summed E-state index contributed by atoms with van der Waals surface area (Å²) in [6.45, 7) is 0.425. The third kappa shape index (κ3) is 4.71. The predicted molar refractivity (Wildman–Crippen MR) is 93.3 cm³/mol. The monoisotopic (exact) mass is 344 g/mol. The highest BCUT2D eigenvalue weighted by Gasteiger charge is 2.19. The van der Waals surface area contributed by atoms with Gasteiger partial charge in [-0.15, -0.1) is 0 Å². The molecule has 0 saturated heterocycles. The van der Waals surface area contributed by atoms with Crippen LogP contribution in [0.4, 0.5) is 5.82 Å². The molecule has 134 valence electrons. The Morgan fingerprint density at radius 3 is 2.84 bits per heavy atom. The Balaban J connectivity index is 1.41. The molecule has 2 N–H and O–H groups in total. The number of aromatic nitrogens is 2. The first kappa shape index (κ1) is 17.3. The number of amides is 2. The first-order chi connectivity index (χ1) is 12.2. The molecule has 2 aromatic heterocycles. The van der Waals surface area contributed by atoms with E-state index in [0.717, 1.165) is 18.7 Å². The molecular weight excluding hydrogens is 320 g/mol. The van der Waals surface area contributed by atoms with Crippen molar-refractivity contribution in [3.63, 3.8) is 0 Å². The highest BCUT2D eigenvalue weighted by Crippen LogP contribution is 2.29. The molecule has 1 fully saturated rings. The summed E-state index contributed by atoms with van der Waals surface area (Å²) >= 11 is 0. The van der Waals surface area contributed by atoms with Gasteiger partial charge in [0.05, 0.1) is 18.5 Å². The van der Waals surface area contributed by atoms with E-state index in [9.17, 15) is 9.59 Å². The molecule has 0 atom stereocenters. The molecule has 0 radical (unpaired) electrons. The van der Waals surface area contributed by atoms with Crippen molar-refractivity contribution in [3.05, 3.63) is 36.4 Å². The molecule has 1 aliphatic rings. The van der Waals surface area contributed by atoms with Gasteiger partial charge in [0.25, 0.3) is 5.91 Å². The zero-order valence-electron chi connectivity index (χ0n) is 14.2. The summed E-state index contributed by atoms with van der Waals surface area (Å²) in [5.74, 6) is 0.711. The van der Waals surface area contributed by atoms with E-state index in [1.165, 1.54) is 25.5 Å². The van der Waals surface area contributed by atoms with Crippen LogP contribution in [0, 0.1) is 0 Å². The maximum atomic E-state index is 12.1. The number of hydrogen-bond donors (Lipinski definition) is 2. The molecule has 3 rings (SSSR count). The number of carbonyl (C=O) groups is 2. The second kappa shape index (κ2) is 8.50. The van der Waals surface area contributed by atoms with Crippen LogP contribution in [-0.4, -0.2) is 28.1 Å². The smallest absolute Gasteiger partial charge is 0.286 e. The molecule has 7 heteroatoms. The standard InChI is InChI=1S/C18H24N4O3/c23-17(9-4-11-19-18(24)15-8-5-13-25-15)21-16-10-12-20-22(16)14-6-2-1-3-7-14/h5,8,10,12-14H,1-4,6-7,9,11H2,(H,19,24)(H,21,23). The summed E-state index contributed by atoms with van der Waals surface area (Å²) in [7, 11) is 0. The molecule has 2 heterocycles. The number of hydrogen-bond acceptors (Lipinski definition) is 4. The van der Waals surface area contributed by atoms with Gasteiger partial charge in [-0.1, -0.05) is 19.3 Å². The van der Waals surface area contributed by atoms with Gasteiger partial charge in [-0.3, -0.25) is 9.59 Å². The van der Waals surface area contributed by atoms with E-state index < -0.39 is 0 Å². The van der Waals surface area contributed by atoms with E-state index in [1.807, 2.05) is 10.7 Å². The van der Waals surface area contributed by atoms with Gasteiger partial charge in [0.2, 0.25) is 5.91 Å². The Morgan fingerprint density at radius 1 is 1.24 bits per heavy atom. The maximum absolute atomic E-state index is 12.1. The van der Waals surface area contributed by atoms with Crippen LogP contribution >= 0.6 is 0 Å². The van der Waals surface area contributed by atoms with Crippen LogP contribution in [0.25, 0.3) is 0 Å². The second-order valence-corrected chi connectivity index (χ2v) is 6.34. The van der Waals surface area contributed by atoms with Gasteiger partial charge in [0, 0.05) is 19.0 Å².